The van der Waals surface area contributed by atoms with Gasteiger partial charge in [0.25, 0.3) is 5.91 Å². The van der Waals surface area contributed by atoms with E-state index in [0.29, 0.717) is 5.69 Å². The lowest BCUT2D eigenvalue weighted by molar-refractivity contribution is 0.0997. The number of furan rings is 1. The lowest BCUT2D eigenvalue weighted by Gasteiger charge is -2.03. The van der Waals surface area contributed by atoms with Crippen molar-refractivity contribution in [1.82, 2.24) is 0 Å². The summed E-state index contributed by atoms with van der Waals surface area (Å²) in [5.41, 5.74) is 0.454. The van der Waals surface area contributed by atoms with Crippen LogP contribution in [0.3, 0.4) is 0 Å². The number of amides is 1. The summed E-state index contributed by atoms with van der Waals surface area (Å²) >= 11 is 8.58. The van der Waals surface area contributed by atoms with Crippen LogP contribution in [0.2, 0.25) is 5.22 Å². The van der Waals surface area contributed by atoms with Crippen molar-refractivity contribution in [3.63, 3.8) is 0 Å². The minimum atomic E-state index is -0.449. The highest BCUT2D eigenvalue weighted by atomic mass is 79.9. The topological polar surface area (TPSA) is 42.2 Å². The number of hydrogen-bond acceptors (Lipinski definition) is 2. The van der Waals surface area contributed by atoms with Crippen molar-refractivity contribution in [2.75, 3.05) is 5.32 Å². The van der Waals surface area contributed by atoms with Gasteiger partial charge >= 0.3 is 0 Å². The quantitative estimate of drug-likeness (QED) is 0.906. The highest BCUT2D eigenvalue weighted by Crippen LogP contribution is 2.21. The highest BCUT2D eigenvalue weighted by Gasteiger charge is 2.11. The smallest absolute Gasteiger partial charge is 0.291 e. The average Bonchev–Trinajstić information content (AvgIpc) is 2.70. The van der Waals surface area contributed by atoms with Gasteiger partial charge in [0.15, 0.2) is 11.0 Å². The first-order valence-electron chi connectivity index (χ1n) is 4.58. The summed E-state index contributed by atoms with van der Waals surface area (Å²) in [4.78, 5) is 11.7. The second kappa shape index (κ2) is 4.89. The Morgan fingerprint density at radius 2 is 2.12 bits per heavy atom. The van der Waals surface area contributed by atoms with Crippen LogP contribution in [0, 0.1) is 5.82 Å². The van der Waals surface area contributed by atoms with E-state index in [2.05, 4.69) is 21.2 Å². The predicted molar refractivity (Wildman–Crippen MR) is 65.8 cm³/mol. The molecule has 0 aliphatic heterocycles. The zero-order valence-corrected chi connectivity index (χ0v) is 10.7. The van der Waals surface area contributed by atoms with Gasteiger partial charge in [-0.3, -0.25) is 4.79 Å². The van der Waals surface area contributed by atoms with E-state index in [1.807, 2.05) is 0 Å². The van der Waals surface area contributed by atoms with E-state index < -0.39 is 11.7 Å². The minimum Gasteiger partial charge on any atom is -0.440 e. The molecule has 1 heterocycles. The molecular formula is C11H6BrClFNO2. The Bertz CT molecular complexity index is 570. The van der Waals surface area contributed by atoms with Crippen LogP contribution in [-0.2, 0) is 0 Å². The Morgan fingerprint density at radius 1 is 1.35 bits per heavy atom. The van der Waals surface area contributed by atoms with Crippen LogP contribution in [0.25, 0.3) is 0 Å². The highest BCUT2D eigenvalue weighted by molar-refractivity contribution is 9.10. The molecule has 0 unspecified atom stereocenters. The molecule has 0 aliphatic carbocycles. The van der Waals surface area contributed by atoms with Crippen LogP contribution in [0.4, 0.5) is 10.1 Å². The Hall–Kier alpha value is -1.33. The number of halogens is 3. The fourth-order valence-electron chi connectivity index (χ4n) is 1.20. The zero-order valence-electron chi connectivity index (χ0n) is 8.34. The number of carbonyl (C=O) groups is 1. The summed E-state index contributed by atoms with van der Waals surface area (Å²) in [6, 6.07) is 7.07. The molecule has 0 atom stereocenters. The van der Waals surface area contributed by atoms with E-state index in [9.17, 15) is 9.18 Å². The van der Waals surface area contributed by atoms with Gasteiger partial charge in [0.1, 0.15) is 5.82 Å². The molecule has 1 amide bonds. The molecule has 1 aromatic heterocycles. The largest absolute Gasteiger partial charge is 0.440 e. The molecule has 17 heavy (non-hydrogen) atoms. The molecular weight excluding hydrogens is 312 g/mol. The molecule has 2 aromatic rings. The Morgan fingerprint density at radius 3 is 2.71 bits per heavy atom. The molecule has 88 valence electrons. The Balaban J connectivity index is 2.15. The number of nitrogens with one attached hydrogen (secondary N) is 1. The number of benzene rings is 1. The lowest BCUT2D eigenvalue weighted by Crippen LogP contribution is -2.10. The number of rotatable bonds is 2. The van der Waals surface area contributed by atoms with Crippen molar-refractivity contribution in [2.45, 2.75) is 0 Å². The minimum absolute atomic E-state index is 0.0930. The third-order valence-corrected chi connectivity index (χ3v) is 2.79. The zero-order chi connectivity index (χ0) is 12.4. The van der Waals surface area contributed by atoms with Crippen molar-refractivity contribution in [3.8, 4) is 0 Å². The van der Waals surface area contributed by atoms with Gasteiger partial charge in [0.2, 0.25) is 0 Å². The van der Waals surface area contributed by atoms with E-state index >= 15 is 0 Å². The summed E-state index contributed by atoms with van der Waals surface area (Å²) < 4.78 is 18.2. The van der Waals surface area contributed by atoms with Crippen LogP contribution < -0.4 is 5.32 Å². The molecule has 0 aliphatic rings. The maximum atomic E-state index is 13.0. The van der Waals surface area contributed by atoms with E-state index in [1.165, 1.54) is 30.3 Å². The van der Waals surface area contributed by atoms with Gasteiger partial charge in [-0.15, -0.1) is 0 Å². The molecule has 0 fully saturated rings. The van der Waals surface area contributed by atoms with Gasteiger partial charge < -0.3 is 9.73 Å². The molecule has 0 spiro atoms. The van der Waals surface area contributed by atoms with Gasteiger partial charge in [-0.2, -0.15) is 0 Å². The molecule has 2 rings (SSSR count). The van der Waals surface area contributed by atoms with Crippen molar-refractivity contribution in [2.24, 2.45) is 0 Å². The fourth-order valence-corrected chi connectivity index (χ4v) is 1.73. The van der Waals surface area contributed by atoms with Gasteiger partial charge in [0, 0.05) is 5.69 Å². The first kappa shape index (κ1) is 12.1. The maximum Gasteiger partial charge on any atom is 0.291 e. The third kappa shape index (κ3) is 2.87. The standard InChI is InChI=1S/C11H6BrClFNO2/c12-7-5-6(1-2-8(7)14)15-11(16)9-3-4-10(13)17-9/h1-5H,(H,15,16). The van der Waals surface area contributed by atoms with Gasteiger partial charge in [-0.1, -0.05) is 0 Å². The monoisotopic (exact) mass is 317 g/mol. The van der Waals surface area contributed by atoms with Gasteiger partial charge in [0.05, 0.1) is 4.47 Å². The Kier molecular flexibility index (Phi) is 3.49. The van der Waals surface area contributed by atoms with Crippen LogP contribution in [0.15, 0.2) is 39.2 Å². The average molecular weight is 319 g/mol. The molecule has 3 nitrogen and oxygen atoms in total. The van der Waals surface area contributed by atoms with E-state index in [1.54, 1.807) is 0 Å². The van der Waals surface area contributed by atoms with Crippen molar-refractivity contribution in [1.29, 1.82) is 0 Å². The molecule has 0 saturated heterocycles. The summed E-state index contributed by atoms with van der Waals surface area (Å²) in [7, 11) is 0. The number of anilines is 1. The van der Waals surface area contributed by atoms with E-state index in [4.69, 9.17) is 16.0 Å². The molecule has 0 saturated carbocycles. The second-order valence-corrected chi connectivity index (χ2v) is 4.41. The molecule has 0 bridgehead atoms. The van der Waals surface area contributed by atoms with Crippen molar-refractivity contribution in [3.05, 3.63) is 51.6 Å². The van der Waals surface area contributed by atoms with Crippen LogP contribution in [-0.4, -0.2) is 5.91 Å². The van der Waals surface area contributed by atoms with Crippen molar-refractivity contribution >= 4 is 39.1 Å². The van der Waals surface area contributed by atoms with E-state index in [0.717, 1.165) is 0 Å². The van der Waals surface area contributed by atoms with Crippen molar-refractivity contribution < 1.29 is 13.6 Å². The normalized spacial score (nSPS) is 10.3. The van der Waals surface area contributed by atoms with E-state index in [-0.39, 0.29) is 15.5 Å². The van der Waals surface area contributed by atoms with Gasteiger partial charge in [-0.05, 0) is 57.9 Å². The van der Waals surface area contributed by atoms with Crippen LogP contribution in [0.5, 0.6) is 0 Å². The third-order valence-electron chi connectivity index (χ3n) is 1.97. The first-order chi connectivity index (χ1) is 8.06. The van der Waals surface area contributed by atoms with Crippen LogP contribution >= 0.6 is 27.5 Å². The summed E-state index contributed by atoms with van der Waals surface area (Å²) in [6.45, 7) is 0. The second-order valence-electron chi connectivity index (χ2n) is 3.19. The fraction of sp³-hybridized carbons (Fsp3) is 0. The number of carbonyl (C=O) groups excluding carboxylic acids is 1. The molecule has 1 aromatic carbocycles. The first-order valence-corrected chi connectivity index (χ1v) is 5.75. The summed E-state index contributed by atoms with van der Waals surface area (Å²) in [5, 5.41) is 2.69. The lowest BCUT2D eigenvalue weighted by atomic mass is 10.3. The summed E-state index contributed by atoms with van der Waals surface area (Å²) in [6.07, 6.45) is 0. The summed E-state index contributed by atoms with van der Waals surface area (Å²) in [5.74, 6) is -0.755. The predicted octanol–water partition coefficient (Wildman–Crippen LogP) is 4.09. The maximum absolute atomic E-state index is 13.0. The molecule has 1 N–H and O–H groups in total. The molecule has 6 heteroatoms. The number of hydrogen-bond donors (Lipinski definition) is 1. The van der Waals surface area contributed by atoms with Crippen LogP contribution in [0.1, 0.15) is 10.6 Å². The Labute approximate surface area is 110 Å². The molecule has 0 radical (unpaired) electrons. The van der Waals surface area contributed by atoms with Gasteiger partial charge in [-0.25, -0.2) is 4.39 Å². The SMILES string of the molecule is O=C(Nc1ccc(F)c(Br)c1)c1ccc(Cl)o1.